The quantitative estimate of drug-likeness (QED) is 0.402. The fraction of sp³-hybridized carbons (Fsp3) is 0.207. The van der Waals surface area contributed by atoms with E-state index in [9.17, 15) is 24.0 Å². The lowest BCUT2D eigenvalue weighted by Gasteiger charge is -1.98. The van der Waals surface area contributed by atoms with Crippen molar-refractivity contribution in [2.45, 2.75) is 34.6 Å². The van der Waals surface area contributed by atoms with Crippen LogP contribution in [0.25, 0.3) is 0 Å². The predicted molar refractivity (Wildman–Crippen MR) is 136 cm³/mol. The molecule has 0 saturated carbocycles. The summed E-state index contributed by atoms with van der Waals surface area (Å²) in [7, 11) is 1.60. The molecule has 0 unspecified atom stereocenters. The Hall–Kier alpha value is -4.19. The van der Waals surface area contributed by atoms with Gasteiger partial charge >= 0.3 is 0 Å². The Balaban J connectivity index is 0.000000263. The van der Waals surface area contributed by atoms with Crippen LogP contribution < -0.4 is 4.74 Å². The lowest BCUT2D eigenvalue weighted by molar-refractivity contribution is 0.100. The van der Waals surface area contributed by atoms with Gasteiger partial charge in [-0.25, -0.2) is 0 Å². The molecule has 0 N–H and O–H groups in total. The topological polar surface area (TPSA) is 94.6 Å². The van der Waals surface area contributed by atoms with E-state index in [4.69, 9.17) is 4.74 Å². The van der Waals surface area contributed by atoms with E-state index in [2.05, 4.69) is 0 Å². The van der Waals surface area contributed by atoms with E-state index in [1.54, 1.807) is 86.8 Å². The third kappa shape index (κ3) is 10.1. The number of carbonyl (C=O) groups is 5. The van der Waals surface area contributed by atoms with E-state index in [0.717, 1.165) is 5.75 Å². The van der Waals surface area contributed by atoms with E-state index >= 15 is 0 Å². The third-order valence-corrected chi connectivity index (χ3v) is 4.87. The number of benzene rings is 3. The Bertz CT molecular complexity index is 1130. The average Bonchev–Trinajstić information content (AvgIpc) is 2.85. The highest BCUT2D eigenvalue weighted by Gasteiger charge is 2.03. The van der Waals surface area contributed by atoms with Gasteiger partial charge in [-0.15, -0.1) is 0 Å². The van der Waals surface area contributed by atoms with Gasteiger partial charge in [-0.2, -0.15) is 0 Å². The van der Waals surface area contributed by atoms with Crippen LogP contribution in [0.5, 0.6) is 5.75 Å². The van der Waals surface area contributed by atoms with Gasteiger partial charge in [0.15, 0.2) is 28.9 Å². The normalized spacial score (nSPS) is 9.43. The van der Waals surface area contributed by atoms with Gasteiger partial charge in [0, 0.05) is 27.8 Å². The van der Waals surface area contributed by atoms with Crippen molar-refractivity contribution in [3.05, 3.63) is 101 Å². The van der Waals surface area contributed by atoms with Crippen LogP contribution >= 0.6 is 0 Å². The first-order valence-electron chi connectivity index (χ1n) is 10.8. The molecule has 0 heterocycles. The molecule has 0 amide bonds. The second-order valence-corrected chi connectivity index (χ2v) is 7.67. The summed E-state index contributed by atoms with van der Waals surface area (Å²) < 4.78 is 4.94. The molecule has 0 aromatic heterocycles. The van der Waals surface area contributed by atoms with Crippen molar-refractivity contribution >= 4 is 28.9 Å². The SMILES string of the molecule is CC(=O)c1ccc(C(C)=O)cc1.CC(=O)c1cccc(C(C)=O)c1.COc1ccc(C(C)=O)cc1. The summed E-state index contributed by atoms with van der Waals surface area (Å²) in [5, 5.41) is 0. The summed E-state index contributed by atoms with van der Waals surface area (Å²) in [4.78, 5) is 54.3. The monoisotopic (exact) mass is 474 g/mol. The highest BCUT2D eigenvalue weighted by Crippen LogP contribution is 2.11. The van der Waals surface area contributed by atoms with Gasteiger partial charge in [-0.05, 0) is 65.0 Å². The zero-order chi connectivity index (χ0) is 26.5. The van der Waals surface area contributed by atoms with Crippen molar-refractivity contribution in [2.75, 3.05) is 7.11 Å². The minimum atomic E-state index is -0.0156. The minimum absolute atomic E-state index is 0.0156. The molecule has 0 radical (unpaired) electrons. The van der Waals surface area contributed by atoms with Crippen LogP contribution in [0.4, 0.5) is 0 Å². The van der Waals surface area contributed by atoms with Gasteiger partial charge in [0.1, 0.15) is 5.75 Å². The summed E-state index contributed by atoms with van der Waals surface area (Å²) in [6.07, 6.45) is 0. The molecule has 0 bridgehead atoms. The van der Waals surface area contributed by atoms with Crippen LogP contribution in [-0.4, -0.2) is 36.0 Å². The van der Waals surface area contributed by atoms with Crippen molar-refractivity contribution < 1.29 is 28.7 Å². The van der Waals surface area contributed by atoms with Gasteiger partial charge in [-0.1, -0.05) is 42.5 Å². The van der Waals surface area contributed by atoms with Crippen molar-refractivity contribution in [2.24, 2.45) is 0 Å². The number of hydrogen-bond acceptors (Lipinski definition) is 6. The zero-order valence-electron chi connectivity index (χ0n) is 20.9. The van der Waals surface area contributed by atoms with E-state index in [0.29, 0.717) is 27.8 Å². The minimum Gasteiger partial charge on any atom is -0.497 e. The van der Waals surface area contributed by atoms with Crippen LogP contribution in [-0.2, 0) is 0 Å². The van der Waals surface area contributed by atoms with Crippen LogP contribution in [0.15, 0.2) is 72.8 Å². The Morgan fingerprint density at radius 3 is 1.00 bits per heavy atom. The van der Waals surface area contributed by atoms with Gasteiger partial charge in [0.25, 0.3) is 0 Å². The maximum Gasteiger partial charge on any atom is 0.159 e. The fourth-order valence-corrected chi connectivity index (χ4v) is 2.72. The van der Waals surface area contributed by atoms with Gasteiger partial charge in [0.2, 0.25) is 0 Å². The van der Waals surface area contributed by atoms with Crippen LogP contribution in [0.2, 0.25) is 0 Å². The molecule has 3 aromatic carbocycles. The lowest BCUT2D eigenvalue weighted by Crippen LogP contribution is -1.96. The molecule has 0 aliphatic heterocycles. The summed E-state index contributed by atoms with van der Waals surface area (Å²) in [6, 6.07) is 20.5. The summed E-state index contributed by atoms with van der Waals surface area (Å²) in [5.41, 5.74) is 3.16. The zero-order valence-corrected chi connectivity index (χ0v) is 20.9. The van der Waals surface area contributed by atoms with Crippen molar-refractivity contribution in [3.63, 3.8) is 0 Å². The number of Topliss-reactive ketones (excluding diaryl/α,β-unsaturated/α-hetero) is 5. The molecule has 6 heteroatoms. The molecular weight excluding hydrogens is 444 g/mol. The third-order valence-electron chi connectivity index (χ3n) is 4.87. The predicted octanol–water partition coefficient (Wildman–Crippen LogP) is 6.08. The largest absolute Gasteiger partial charge is 0.497 e. The highest BCUT2D eigenvalue weighted by molar-refractivity contribution is 5.99. The Kier molecular flexibility index (Phi) is 11.7. The second kappa shape index (κ2) is 14.2. The molecule has 0 atom stereocenters. The Morgan fingerprint density at radius 1 is 0.457 bits per heavy atom. The molecule has 35 heavy (non-hydrogen) atoms. The molecular formula is C29H30O6. The maximum absolute atomic E-state index is 10.9. The van der Waals surface area contributed by atoms with E-state index in [1.807, 2.05) is 0 Å². The maximum atomic E-state index is 10.9. The Morgan fingerprint density at radius 2 is 0.743 bits per heavy atom. The van der Waals surface area contributed by atoms with Crippen molar-refractivity contribution in [3.8, 4) is 5.75 Å². The molecule has 0 spiro atoms. The number of carbonyl (C=O) groups excluding carboxylic acids is 5. The average molecular weight is 475 g/mol. The first-order valence-corrected chi connectivity index (χ1v) is 10.8. The molecule has 0 fully saturated rings. The number of rotatable bonds is 6. The number of ketones is 5. The summed E-state index contributed by atoms with van der Waals surface area (Å²) in [5.74, 6) is 0.856. The van der Waals surface area contributed by atoms with Gasteiger partial charge in [-0.3, -0.25) is 24.0 Å². The Labute approximate surface area is 205 Å². The summed E-state index contributed by atoms with van der Waals surface area (Å²) >= 11 is 0. The number of methoxy groups -OCH3 is 1. The van der Waals surface area contributed by atoms with Crippen molar-refractivity contribution in [1.82, 2.24) is 0 Å². The van der Waals surface area contributed by atoms with Crippen LogP contribution in [0, 0.1) is 0 Å². The van der Waals surface area contributed by atoms with Crippen LogP contribution in [0.3, 0.4) is 0 Å². The lowest BCUT2D eigenvalue weighted by atomic mass is 10.1. The first kappa shape index (κ1) is 28.8. The molecule has 182 valence electrons. The molecule has 6 nitrogen and oxygen atoms in total. The van der Waals surface area contributed by atoms with E-state index in [1.165, 1.54) is 27.7 Å². The van der Waals surface area contributed by atoms with E-state index in [-0.39, 0.29) is 28.9 Å². The van der Waals surface area contributed by atoms with Gasteiger partial charge < -0.3 is 4.74 Å². The molecule has 0 aliphatic carbocycles. The summed E-state index contributed by atoms with van der Waals surface area (Å²) in [6.45, 7) is 7.52. The second-order valence-electron chi connectivity index (χ2n) is 7.67. The highest BCUT2D eigenvalue weighted by atomic mass is 16.5. The molecule has 3 aromatic rings. The van der Waals surface area contributed by atoms with Crippen molar-refractivity contribution in [1.29, 1.82) is 0 Å². The molecule has 3 rings (SSSR count). The standard InChI is InChI=1S/2C10H10O2.C9H10O2/c1-7(11)9-3-5-10(6-4-9)8(2)12;1-7(11)9-4-3-5-10(6-9)8(2)12;1-7(10)8-3-5-9(11-2)6-4-8/h2*3-6H,1-2H3;3-6H,1-2H3. The fourth-order valence-electron chi connectivity index (χ4n) is 2.72. The van der Waals surface area contributed by atoms with Crippen LogP contribution in [0.1, 0.15) is 86.4 Å². The molecule has 0 aliphatic rings. The number of hydrogen-bond donors (Lipinski definition) is 0. The van der Waals surface area contributed by atoms with Gasteiger partial charge in [0.05, 0.1) is 7.11 Å². The molecule has 0 saturated heterocycles. The number of ether oxygens (including phenoxy) is 1. The smallest absolute Gasteiger partial charge is 0.159 e. The van der Waals surface area contributed by atoms with E-state index < -0.39 is 0 Å². The first-order chi connectivity index (χ1) is 16.5.